The standard InChI is InChI=1S/C21H20ClN7O2/c1-13-17(25-16-6-4-5-15(22)20(16)31-3)9-19(27-21(13)28-29(2)12-30)26-18-8-7-14(10-23)11-24-18/h4-9,11-12H,1-3H3,(H3,24,25,26,27,28). The molecule has 0 spiro atoms. The van der Waals surface area contributed by atoms with E-state index in [0.29, 0.717) is 51.6 Å². The molecule has 0 bridgehead atoms. The van der Waals surface area contributed by atoms with Crippen molar-refractivity contribution >= 4 is 46.8 Å². The van der Waals surface area contributed by atoms with Crippen molar-refractivity contribution in [3.8, 4) is 11.8 Å². The number of hydrogen-bond acceptors (Lipinski definition) is 8. The van der Waals surface area contributed by atoms with Crippen molar-refractivity contribution in [2.75, 3.05) is 30.2 Å². The minimum absolute atomic E-state index is 0.452. The number of nitrogens with one attached hydrogen (secondary N) is 3. The summed E-state index contributed by atoms with van der Waals surface area (Å²) >= 11 is 6.24. The van der Waals surface area contributed by atoms with Gasteiger partial charge in [0.15, 0.2) is 11.6 Å². The third kappa shape index (κ3) is 5.12. The summed E-state index contributed by atoms with van der Waals surface area (Å²) in [5, 5.41) is 17.1. The molecule has 9 nitrogen and oxygen atoms in total. The maximum Gasteiger partial charge on any atom is 0.227 e. The molecule has 0 aliphatic rings. The van der Waals surface area contributed by atoms with E-state index in [-0.39, 0.29) is 0 Å². The molecule has 2 heterocycles. The Balaban J connectivity index is 2.01. The molecular formula is C21H20ClN7O2. The van der Waals surface area contributed by atoms with Crippen LogP contribution in [0.15, 0.2) is 42.6 Å². The first kappa shape index (κ1) is 21.7. The van der Waals surface area contributed by atoms with Crippen LogP contribution in [-0.4, -0.2) is 35.5 Å². The van der Waals surface area contributed by atoms with Crippen LogP contribution in [0.3, 0.4) is 0 Å². The summed E-state index contributed by atoms with van der Waals surface area (Å²) in [6.07, 6.45) is 2.10. The highest BCUT2D eigenvalue weighted by molar-refractivity contribution is 6.32. The lowest BCUT2D eigenvalue weighted by Gasteiger charge is -2.20. The minimum atomic E-state index is 0.452. The van der Waals surface area contributed by atoms with Crippen molar-refractivity contribution in [1.82, 2.24) is 15.0 Å². The molecule has 3 rings (SSSR count). The highest BCUT2D eigenvalue weighted by atomic mass is 35.5. The number of carbonyl (C=O) groups excluding carboxylic acids is 1. The Labute approximate surface area is 184 Å². The maximum absolute atomic E-state index is 11.1. The number of aromatic nitrogens is 2. The Morgan fingerprint density at radius 3 is 2.65 bits per heavy atom. The van der Waals surface area contributed by atoms with Crippen LogP contribution in [0.25, 0.3) is 0 Å². The number of benzene rings is 1. The summed E-state index contributed by atoms with van der Waals surface area (Å²) in [4.78, 5) is 19.8. The van der Waals surface area contributed by atoms with Crippen LogP contribution >= 0.6 is 11.6 Å². The topological polar surface area (TPSA) is 115 Å². The van der Waals surface area contributed by atoms with Gasteiger partial charge >= 0.3 is 0 Å². The lowest BCUT2D eigenvalue weighted by molar-refractivity contribution is -0.115. The number of methoxy groups -OCH3 is 1. The van der Waals surface area contributed by atoms with Crippen LogP contribution in [0.5, 0.6) is 5.75 Å². The van der Waals surface area contributed by atoms with E-state index in [1.807, 2.05) is 25.1 Å². The smallest absolute Gasteiger partial charge is 0.227 e. The number of ether oxygens (including phenoxy) is 1. The molecular weight excluding hydrogens is 418 g/mol. The first-order valence-corrected chi connectivity index (χ1v) is 9.52. The summed E-state index contributed by atoms with van der Waals surface area (Å²) in [7, 11) is 3.12. The molecule has 0 aliphatic carbocycles. The van der Waals surface area contributed by atoms with Crippen molar-refractivity contribution in [2.45, 2.75) is 6.92 Å². The fourth-order valence-electron chi connectivity index (χ4n) is 2.73. The third-order valence-electron chi connectivity index (χ3n) is 4.30. The van der Waals surface area contributed by atoms with E-state index < -0.39 is 0 Å². The number of nitrogens with zero attached hydrogens (tertiary/aromatic N) is 4. The van der Waals surface area contributed by atoms with E-state index in [4.69, 9.17) is 21.6 Å². The summed E-state index contributed by atoms with van der Waals surface area (Å²) < 4.78 is 5.42. The van der Waals surface area contributed by atoms with Crippen LogP contribution in [0.2, 0.25) is 5.02 Å². The van der Waals surface area contributed by atoms with E-state index in [1.54, 1.807) is 38.4 Å². The lowest BCUT2D eigenvalue weighted by atomic mass is 10.2. The van der Waals surface area contributed by atoms with Gasteiger partial charge in [0.1, 0.15) is 17.7 Å². The van der Waals surface area contributed by atoms with Gasteiger partial charge in [0.25, 0.3) is 0 Å². The monoisotopic (exact) mass is 437 g/mol. The average molecular weight is 438 g/mol. The number of hydrogen-bond donors (Lipinski definition) is 3. The number of halogens is 1. The van der Waals surface area contributed by atoms with E-state index >= 15 is 0 Å². The summed E-state index contributed by atoms with van der Waals surface area (Å²) in [5.74, 6) is 1.93. The number of pyridine rings is 2. The third-order valence-corrected chi connectivity index (χ3v) is 4.60. The maximum atomic E-state index is 11.1. The molecule has 0 saturated carbocycles. The second kappa shape index (κ2) is 9.65. The van der Waals surface area contributed by atoms with Gasteiger partial charge in [-0.05, 0) is 31.2 Å². The molecule has 158 valence electrons. The van der Waals surface area contributed by atoms with Gasteiger partial charge in [-0.15, -0.1) is 0 Å². The molecule has 0 saturated heterocycles. The molecule has 0 aliphatic heterocycles. The Kier molecular flexibility index (Phi) is 6.74. The normalized spacial score (nSPS) is 10.0. The Morgan fingerprint density at radius 1 is 1.19 bits per heavy atom. The molecule has 3 N–H and O–H groups in total. The van der Waals surface area contributed by atoms with Crippen LogP contribution < -0.4 is 20.8 Å². The number of anilines is 5. The Bertz CT molecular complexity index is 1130. The Morgan fingerprint density at radius 2 is 2.00 bits per heavy atom. The van der Waals surface area contributed by atoms with E-state index in [9.17, 15) is 4.79 Å². The van der Waals surface area contributed by atoms with Crippen molar-refractivity contribution < 1.29 is 9.53 Å². The number of amides is 1. The average Bonchev–Trinajstić information content (AvgIpc) is 2.77. The molecule has 0 atom stereocenters. The SMILES string of the molecule is COc1c(Cl)cccc1Nc1cc(Nc2ccc(C#N)cn2)nc(NN(C)C=O)c1C. The zero-order valence-electron chi connectivity index (χ0n) is 17.1. The van der Waals surface area contributed by atoms with E-state index in [0.717, 1.165) is 5.56 Å². The zero-order valence-corrected chi connectivity index (χ0v) is 17.9. The molecule has 31 heavy (non-hydrogen) atoms. The van der Waals surface area contributed by atoms with Crippen molar-refractivity contribution in [3.05, 3.63) is 58.7 Å². The number of para-hydroxylation sites is 1. The van der Waals surface area contributed by atoms with Crippen LogP contribution in [0.1, 0.15) is 11.1 Å². The van der Waals surface area contributed by atoms with Gasteiger partial charge in [-0.3, -0.25) is 15.2 Å². The first-order chi connectivity index (χ1) is 14.9. The van der Waals surface area contributed by atoms with Gasteiger partial charge in [0.05, 0.1) is 23.4 Å². The van der Waals surface area contributed by atoms with Crippen LogP contribution in [0.4, 0.5) is 28.8 Å². The van der Waals surface area contributed by atoms with E-state index in [2.05, 4.69) is 26.0 Å². The second-order valence-corrected chi connectivity index (χ2v) is 6.88. The van der Waals surface area contributed by atoms with Gasteiger partial charge in [0.2, 0.25) is 6.41 Å². The van der Waals surface area contributed by atoms with Crippen LogP contribution in [0, 0.1) is 18.3 Å². The fourth-order valence-corrected chi connectivity index (χ4v) is 2.98. The second-order valence-electron chi connectivity index (χ2n) is 6.47. The number of carbonyl (C=O) groups is 1. The first-order valence-electron chi connectivity index (χ1n) is 9.14. The molecule has 0 unspecified atom stereocenters. The summed E-state index contributed by atoms with van der Waals surface area (Å²) in [6.45, 7) is 1.86. The van der Waals surface area contributed by atoms with Crippen molar-refractivity contribution in [3.63, 3.8) is 0 Å². The number of nitriles is 1. The highest BCUT2D eigenvalue weighted by Crippen LogP contribution is 2.37. The molecule has 2 aromatic heterocycles. The van der Waals surface area contributed by atoms with Gasteiger partial charge in [0, 0.05) is 30.6 Å². The molecule has 0 radical (unpaired) electrons. The van der Waals surface area contributed by atoms with Gasteiger partial charge in [-0.1, -0.05) is 17.7 Å². The van der Waals surface area contributed by atoms with E-state index in [1.165, 1.54) is 11.2 Å². The fraction of sp³-hybridized carbons (Fsp3) is 0.143. The molecule has 1 aromatic carbocycles. The molecule has 10 heteroatoms. The van der Waals surface area contributed by atoms with Gasteiger partial charge < -0.3 is 15.4 Å². The van der Waals surface area contributed by atoms with Gasteiger partial charge in [-0.2, -0.15) is 5.26 Å². The Hall–Kier alpha value is -4.03. The molecule has 0 fully saturated rings. The van der Waals surface area contributed by atoms with Gasteiger partial charge in [-0.25, -0.2) is 9.97 Å². The minimum Gasteiger partial charge on any atom is -0.493 e. The highest BCUT2D eigenvalue weighted by Gasteiger charge is 2.14. The largest absolute Gasteiger partial charge is 0.493 e. The molecule has 3 aromatic rings. The quantitative estimate of drug-likeness (QED) is 0.354. The zero-order chi connectivity index (χ0) is 22.4. The number of rotatable bonds is 8. The molecule has 1 amide bonds. The van der Waals surface area contributed by atoms with Crippen molar-refractivity contribution in [1.29, 1.82) is 5.26 Å². The lowest BCUT2D eigenvalue weighted by Crippen LogP contribution is -2.24. The van der Waals surface area contributed by atoms with Crippen LogP contribution in [-0.2, 0) is 4.79 Å². The summed E-state index contributed by atoms with van der Waals surface area (Å²) in [6, 6.07) is 12.5. The number of hydrazine groups is 1. The predicted molar refractivity (Wildman–Crippen MR) is 120 cm³/mol. The van der Waals surface area contributed by atoms with Crippen molar-refractivity contribution in [2.24, 2.45) is 0 Å². The summed E-state index contributed by atoms with van der Waals surface area (Å²) in [5.41, 5.74) is 5.50. The predicted octanol–water partition coefficient (Wildman–Crippen LogP) is 4.22.